The monoisotopic (exact) mass is 419 g/mol. The number of carbonyl (C=O) groups is 2. The molecule has 0 radical (unpaired) electrons. The van der Waals surface area contributed by atoms with Crippen LogP contribution in [0.2, 0.25) is 10.0 Å². The van der Waals surface area contributed by atoms with Crippen molar-refractivity contribution in [2.24, 2.45) is 0 Å². The highest BCUT2D eigenvalue weighted by Crippen LogP contribution is 2.26. The largest absolute Gasteiger partial charge is 0.450 e. The zero-order chi connectivity index (χ0) is 17.0. The lowest BCUT2D eigenvalue weighted by Gasteiger charge is -2.15. The van der Waals surface area contributed by atoms with Crippen molar-refractivity contribution in [3.63, 3.8) is 0 Å². The summed E-state index contributed by atoms with van der Waals surface area (Å²) in [5.74, 6) is -1.16. The van der Waals surface area contributed by atoms with Crippen molar-refractivity contribution in [3.05, 3.63) is 56.4 Å². The molecule has 0 saturated carbocycles. The minimum atomic E-state index is -0.719. The maximum atomic E-state index is 11.8. The Morgan fingerprint density at radius 2 is 2.04 bits per heavy atom. The lowest BCUT2D eigenvalue weighted by atomic mass is 10.1. The van der Waals surface area contributed by atoms with Crippen molar-refractivity contribution in [2.75, 3.05) is 6.61 Å². The van der Waals surface area contributed by atoms with Gasteiger partial charge in [0, 0.05) is 10.0 Å². The first-order valence-corrected chi connectivity index (χ1v) is 8.08. The highest BCUT2D eigenvalue weighted by Gasteiger charge is 2.16. The van der Waals surface area contributed by atoms with Crippen LogP contribution in [0.4, 0.5) is 0 Å². The van der Waals surface area contributed by atoms with Gasteiger partial charge in [-0.2, -0.15) is 0 Å². The second-order valence-corrected chi connectivity index (χ2v) is 6.26. The highest BCUT2D eigenvalue weighted by molar-refractivity contribution is 9.10. The molecular formula is C15H12BrCl2NO4. The number of furan rings is 1. The SMILES string of the molecule is C[C@@H](NC(=O)COC(=O)c1ccc(Br)o1)c1ccc(Cl)cc1Cl. The van der Waals surface area contributed by atoms with E-state index in [-0.39, 0.29) is 11.8 Å². The molecule has 0 saturated heterocycles. The summed E-state index contributed by atoms with van der Waals surface area (Å²) in [6.45, 7) is 1.34. The first kappa shape index (κ1) is 17.8. The van der Waals surface area contributed by atoms with Crippen LogP contribution in [0.3, 0.4) is 0 Å². The molecular weight excluding hydrogens is 409 g/mol. The van der Waals surface area contributed by atoms with E-state index < -0.39 is 18.5 Å². The van der Waals surface area contributed by atoms with Crippen molar-refractivity contribution in [2.45, 2.75) is 13.0 Å². The van der Waals surface area contributed by atoms with Crippen LogP contribution in [-0.4, -0.2) is 18.5 Å². The first-order valence-electron chi connectivity index (χ1n) is 6.53. The summed E-state index contributed by atoms with van der Waals surface area (Å²) in [4.78, 5) is 23.5. The van der Waals surface area contributed by atoms with E-state index in [1.54, 1.807) is 31.2 Å². The number of nitrogens with one attached hydrogen (secondary N) is 1. The zero-order valence-corrected chi connectivity index (χ0v) is 15.0. The molecule has 23 heavy (non-hydrogen) atoms. The predicted octanol–water partition coefficient (Wildman–Crippen LogP) is 4.38. The van der Waals surface area contributed by atoms with Crippen LogP contribution in [0.15, 0.2) is 39.4 Å². The number of ether oxygens (including phenoxy) is 1. The molecule has 0 spiro atoms. The number of halogens is 3. The minimum absolute atomic E-state index is 0.0125. The first-order chi connectivity index (χ1) is 10.9. The van der Waals surface area contributed by atoms with E-state index in [0.29, 0.717) is 20.3 Å². The smallest absolute Gasteiger partial charge is 0.374 e. The highest BCUT2D eigenvalue weighted by atomic mass is 79.9. The number of esters is 1. The van der Waals surface area contributed by atoms with Crippen molar-refractivity contribution in [1.82, 2.24) is 5.32 Å². The third kappa shape index (κ3) is 4.99. The number of benzene rings is 1. The molecule has 0 bridgehead atoms. The Hall–Kier alpha value is -1.50. The Morgan fingerprint density at radius 1 is 1.30 bits per heavy atom. The normalized spacial score (nSPS) is 11.8. The number of hydrogen-bond donors (Lipinski definition) is 1. The van der Waals surface area contributed by atoms with Crippen molar-refractivity contribution in [3.8, 4) is 0 Å². The van der Waals surface area contributed by atoms with E-state index in [4.69, 9.17) is 32.4 Å². The van der Waals surface area contributed by atoms with E-state index >= 15 is 0 Å². The molecule has 8 heteroatoms. The maximum absolute atomic E-state index is 11.8. The predicted molar refractivity (Wildman–Crippen MR) is 89.7 cm³/mol. The maximum Gasteiger partial charge on any atom is 0.374 e. The quantitative estimate of drug-likeness (QED) is 0.728. The molecule has 0 aliphatic rings. The standard InChI is InChI=1S/C15H12BrCl2NO4/c1-8(10-3-2-9(17)6-11(10)18)19-14(20)7-22-15(21)12-4-5-13(16)23-12/h2-6,8H,7H2,1H3,(H,19,20)/t8-/m1/s1. The molecule has 1 atom stereocenters. The van der Waals surface area contributed by atoms with Gasteiger partial charge in [0.05, 0.1) is 6.04 Å². The molecule has 0 unspecified atom stereocenters. The van der Waals surface area contributed by atoms with E-state index in [0.717, 1.165) is 0 Å². The summed E-state index contributed by atoms with van der Waals surface area (Å²) in [7, 11) is 0. The van der Waals surface area contributed by atoms with Crippen LogP contribution in [0.25, 0.3) is 0 Å². The molecule has 2 rings (SSSR count). The minimum Gasteiger partial charge on any atom is -0.450 e. The molecule has 2 aromatic rings. The van der Waals surface area contributed by atoms with Gasteiger partial charge in [0.15, 0.2) is 11.3 Å². The fraction of sp³-hybridized carbons (Fsp3) is 0.200. The third-order valence-electron chi connectivity index (χ3n) is 2.92. The van der Waals surface area contributed by atoms with Gasteiger partial charge < -0.3 is 14.5 Å². The van der Waals surface area contributed by atoms with Gasteiger partial charge in [0.2, 0.25) is 5.76 Å². The summed E-state index contributed by atoms with van der Waals surface area (Å²) in [6.07, 6.45) is 0. The van der Waals surface area contributed by atoms with Gasteiger partial charge in [0.1, 0.15) is 0 Å². The number of carbonyl (C=O) groups excluding carboxylic acids is 2. The molecule has 0 aliphatic heterocycles. The fourth-order valence-corrected chi connectivity index (χ4v) is 2.72. The van der Waals surface area contributed by atoms with Crippen LogP contribution >= 0.6 is 39.1 Å². The Bertz CT molecular complexity index is 732. The van der Waals surface area contributed by atoms with E-state index in [2.05, 4.69) is 21.2 Å². The molecule has 1 heterocycles. The zero-order valence-electron chi connectivity index (χ0n) is 11.9. The summed E-state index contributed by atoms with van der Waals surface area (Å²) >= 11 is 15.0. The molecule has 1 aromatic heterocycles. The molecule has 122 valence electrons. The molecule has 0 aliphatic carbocycles. The molecule has 1 aromatic carbocycles. The van der Waals surface area contributed by atoms with Gasteiger partial charge in [-0.05, 0) is 52.7 Å². The summed E-state index contributed by atoms with van der Waals surface area (Å²) in [6, 6.07) is 7.64. The van der Waals surface area contributed by atoms with Crippen LogP contribution in [0.5, 0.6) is 0 Å². The van der Waals surface area contributed by atoms with Gasteiger partial charge >= 0.3 is 5.97 Å². The van der Waals surface area contributed by atoms with Crippen LogP contribution in [-0.2, 0) is 9.53 Å². The van der Waals surface area contributed by atoms with Crippen molar-refractivity contribution in [1.29, 1.82) is 0 Å². The fourth-order valence-electron chi connectivity index (χ4n) is 1.84. The van der Waals surface area contributed by atoms with Gasteiger partial charge in [-0.15, -0.1) is 0 Å². The van der Waals surface area contributed by atoms with E-state index in [1.807, 2.05) is 0 Å². The average Bonchev–Trinajstić information content (AvgIpc) is 2.91. The average molecular weight is 421 g/mol. The van der Waals surface area contributed by atoms with Gasteiger partial charge in [-0.1, -0.05) is 29.3 Å². The molecule has 1 N–H and O–H groups in total. The summed E-state index contributed by atoms with van der Waals surface area (Å²) in [5.41, 5.74) is 0.714. The second kappa shape index (κ2) is 7.86. The lowest BCUT2D eigenvalue weighted by Crippen LogP contribution is -2.31. The van der Waals surface area contributed by atoms with Crippen LogP contribution < -0.4 is 5.32 Å². The van der Waals surface area contributed by atoms with Crippen molar-refractivity contribution >= 4 is 51.0 Å². The van der Waals surface area contributed by atoms with Gasteiger partial charge in [-0.25, -0.2) is 4.79 Å². The topological polar surface area (TPSA) is 68.5 Å². The van der Waals surface area contributed by atoms with Crippen LogP contribution in [0, 0.1) is 0 Å². The number of amides is 1. The Morgan fingerprint density at radius 3 is 2.65 bits per heavy atom. The Kier molecular flexibility index (Phi) is 6.10. The van der Waals surface area contributed by atoms with Gasteiger partial charge in [-0.3, -0.25) is 4.79 Å². The lowest BCUT2D eigenvalue weighted by molar-refractivity contribution is -0.124. The van der Waals surface area contributed by atoms with Crippen LogP contribution in [0.1, 0.15) is 29.1 Å². The third-order valence-corrected chi connectivity index (χ3v) is 3.90. The summed E-state index contributed by atoms with van der Waals surface area (Å²) < 4.78 is 10.3. The molecule has 1 amide bonds. The molecule has 0 fully saturated rings. The van der Waals surface area contributed by atoms with Crippen molar-refractivity contribution < 1.29 is 18.7 Å². The number of hydrogen-bond acceptors (Lipinski definition) is 4. The van der Waals surface area contributed by atoms with E-state index in [1.165, 1.54) is 6.07 Å². The van der Waals surface area contributed by atoms with E-state index in [9.17, 15) is 9.59 Å². The summed E-state index contributed by atoms with van der Waals surface area (Å²) in [5, 5.41) is 3.64. The molecule has 5 nitrogen and oxygen atoms in total. The van der Waals surface area contributed by atoms with Gasteiger partial charge in [0.25, 0.3) is 5.91 Å². The second-order valence-electron chi connectivity index (χ2n) is 4.63. The Labute approximate surface area is 151 Å². The Balaban J connectivity index is 1.88. The number of rotatable bonds is 5.